The van der Waals surface area contributed by atoms with Crippen LogP contribution in [0, 0.1) is 25.2 Å². The summed E-state index contributed by atoms with van der Waals surface area (Å²) in [6, 6.07) is 25.7. The molecule has 5 aromatic rings. The number of pyridine rings is 1. The van der Waals surface area contributed by atoms with Crippen LogP contribution in [0.3, 0.4) is 0 Å². The van der Waals surface area contributed by atoms with Crippen LogP contribution in [0.1, 0.15) is 29.3 Å². The minimum Gasteiger partial charge on any atom is -0.507 e. The Morgan fingerprint density at radius 2 is 1.74 bits per heavy atom. The van der Waals surface area contributed by atoms with Crippen LogP contribution in [0.4, 0.5) is 0 Å². The molecule has 5 heteroatoms. The van der Waals surface area contributed by atoms with Gasteiger partial charge in [0, 0.05) is 16.7 Å². The van der Waals surface area contributed by atoms with E-state index in [9.17, 15) is 10.4 Å². The van der Waals surface area contributed by atoms with Crippen molar-refractivity contribution in [1.29, 1.82) is 5.26 Å². The van der Waals surface area contributed by atoms with E-state index in [1.165, 1.54) is 5.56 Å². The molecule has 0 bridgehead atoms. The molecular weight excluding hydrogens is 420 g/mol. The Labute approximate surface area is 198 Å². The molecule has 0 saturated carbocycles. The van der Waals surface area contributed by atoms with E-state index in [4.69, 9.17) is 10.1 Å². The van der Waals surface area contributed by atoms with Gasteiger partial charge in [-0.1, -0.05) is 61.5 Å². The summed E-state index contributed by atoms with van der Waals surface area (Å²) < 4.78 is 1.83. The lowest BCUT2D eigenvalue weighted by molar-refractivity contribution is 0.477. The molecule has 0 aliphatic carbocycles. The van der Waals surface area contributed by atoms with Crippen LogP contribution in [-0.4, -0.2) is 19.9 Å². The van der Waals surface area contributed by atoms with Crippen molar-refractivity contribution in [3.05, 3.63) is 95.2 Å². The first-order valence-electron chi connectivity index (χ1n) is 11.3. The number of benzene rings is 3. The third-order valence-corrected chi connectivity index (χ3v) is 6.16. The standard InChI is InChI=1S/C29H24N4O/c1-4-20-12-14-21(15-13-20)28-24(17-30)27(23-10-5-6-11-25(23)34)26-19(3)32-33(29(26)31-28)22-9-7-8-18(2)16-22/h5-16,34H,4H2,1-3H3. The average Bonchev–Trinajstić information content (AvgIpc) is 3.19. The molecular formula is C29H24N4O. The molecule has 0 saturated heterocycles. The molecule has 5 rings (SSSR count). The number of nitriles is 1. The molecule has 0 spiro atoms. The van der Waals surface area contributed by atoms with Crippen molar-refractivity contribution >= 4 is 11.0 Å². The predicted octanol–water partition coefficient (Wildman–Crippen LogP) is 6.51. The Kier molecular flexibility index (Phi) is 5.35. The van der Waals surface area contributed by atoms with Crippen LogP contribution in [0.2, 0.25) is 0 Å². The second kappa shape index (κ2) is 8.49. The van der Waals surface area contributed by atoms with E-state index in [2.05, 4.69) is 31.2 Å². The van der Waals surface area contributed by atoms with E-state index in [1.807, 2.05) is 61.0 Å². The van der Waals surface area contributed by atoms with Gasteiger partial charge in [0.15, 0.2) is 5.65 Å². The third-order valence-electron chi connectivity index (χ3n) is 6.16. The molecule has 34 heavy (non-hydrogen) atoms. The molecule has 0 atom stereocenters. The minimum absolute atomic E-state index is 0.112. The fourth-order valence-electron chi connectivity index (χ4n) is 4.43. The first kappa shape index (κ1) is 21.4. The van der Waals surface area contributed by atoms with Gasteiger partial charge in [0.05, 0.1) is 28.0 Å². The first-order chi connectivity index (χ1) is 16.5. The summed E-state index contributed by atoms with van der Waals surface area (Å²) in [7, 11) is 0. The molecule has 166 valence electrons. The van der Waals surface area contributed by atoms with E-state index in [0.29, 0.717) is 28.0 Å². The zero-order valence-corrected chi connectivity index (χ0v) is 19.4. The molecule has 0 radical (unpaired) electrons. The number of para-hydroxylation sites is 1. The van der Waals surface area contributed by atoms with Crippen molar-refractivity contribution in [3.63, 3.8) is 0 Å². The molecule has 0 aliphatic rings. The first-order valence-corrected chi connectivity index (χ1v) is 11.3. The molecule has 0 unspecified atom stereocenters. The van der Waals surface area contributed by atoms with Crippen molar-refractivity contribution in [1.82, 2.24) is 14.8 Å². The number of hydrogen-bond donors (Lipinski definition) is 1. The van der Waals surface area contributed by atoms with E-state index >= 15 is 0 Å². The molecule has 0 amide bonds. The summed E-state index contributed by atoms with van der Waals surface area (Å²) in [6.45, 7) is 6.06. The Morgan fingerprint density at radius 3 is 2.41 bits per heavy atom. The monoisotopic (exact) mass is 444 g/mol. The summed E-state index contributed by atoms with van der Waals surface area (Å²) in [5.41, 5.74) is 7.69. The second-order valence-corrected chi connectivity index (χ2v) is 8.42. The maximum atomic E-state index is 10.8. The maximum Gasteiger partial charge on any atom is 0.164 e. The van der Waals surface area contributed by atoms with Crippen LogP contribution in [0.25, 0.3) is 39.1 Å². The number of aromatic nitrogens is 3. The Morgan fingerprint density at radius 1 is 0.971 bits per heavy atom. The van der Waals surface area contributed by atoms with Crippen LogP contribution in [0.5, 0.6) is 5.75 Å². The van der Waals surface area contributed by atoms with Crippen LogP contribution in [-0.2, 0) is 6.42 Å². The van der Waals surface area contributed by atoms with Gasteiger partial charge in [-0.25, -0.2) is 9.67 Å². The Balaban J connectivity index is 1.93. The summed E-state index contributed by atoms with van der Waals surface area (Å²) >= 11 is 0. The number of nitrogens with zero attached hydrogens (tertiary/aromatic N) is 4. The molecule has 3 aromatic carbocycles. The Bertz CT molecular complexity index is 1570. The topological polar surface area (TPSA) is 74.7 Å². The smallest absolute Gasteiger partial charge is 0.164 e. The van der Waals surface area contributed by atoms with Crippen LogP contribution >= 0.6 is 0 Å². The third kappa shape index (κ3) is 3.50. The molecule has 2 heterocycles. The van der Waals surface area contributed by atoms with Crippen molar-refractivity contribution in [3.8, 4) is 39.9 Å². The molecule has 5 nitrogen and oxygen atoms in total. The molecule has 0 fully saturated rings. The number of aryl methyl sites for hydroxylation is 3. The highest BCUT2D eigenvalue weighted by molar-refractivity contribution is 6.02. The molecule has 2 aromatic heterocycles. The zero-order valence-electron chi connectivity index (χ0n) is 19.4. The molecule has 0 aliphatic heterocycles. The maximum absolute atomic E-state index is 10.8. The lowest BCUT2D eigenvalue weighted by Crippen LogP contribution is -2.01. The SMILES string of the molecule is CCc1ccc(-c2nc3c(c(C)nn3-c3cccc(C)c3)c(-c3ccccc3O)c2C#N)cc1. The Hall–Kier alpha value is -4.43. The number of phenols is 1. The van der Waals surface area contributed by atoms with Gasteiger partial charge in [-0.3, -0.25) is 0 Å². The highest BCUT2D eigenvalue weighted by Crippen LogP contribution is 2.41. The minimum atomic E-state index is 0.112. The van der Waals surface area contributed by atoms with Gasteiger partial charge in [-0.05, 0) is 49.6 Å². The number of fused-ring (bicyclic) bond motifs is 1. The largest absolute Gasteiger partial charge is 0.507 e. The van der Waals surface area contributed by atoms with Crippen LogP contribution in [0.15, 0.2) is 72.8 Å². The van der Waals surface area contributed by atoms with Gasteiger partial charge >= 0.3 is 0 Å². The number of hydrogen-bond acceptors (Lipinski definition) is 4. The predicted molar refractivity (Wildman–Crippen MR) is 135 cm³/mol. The van der Waals surface area contributed by atoms with E-state index in [1.54, 1.807) is 12.1 Å². The summed E-state index contributed by atoms with van der Waals surface area (Å²) in [4.78, 5) is 5.01. The second-order valence-electron chi connectivity index (χ2n) is 8.42. The lowest BCUT2D eigenvalue weighted by Gasteiger charge is -2.14. The molecule has 1 N–H and O–H groups in total. The summed E-state index contributed by atoms with van der Waals surface area (Å²) in [5, 5.41) is 26.7. The number of aromatic hydroxyl groups is 1. The van der Waals surface area contributed by atoms with E-state index in [0.717, 1.165) is 34.3 Å². The normalized spacial score (nSPS) is 11.0. The van der Waals surface area contributed by atoms with Crippen molar-refractivity contribution < 1.29 is 5.11 Å². The fourth-order valence-corrected chi connectivity index (χ4v) is 4.43. The van der Waals surface area contributed by atoms with Gasteiger partial charge in [0.25, 0.3) is 0 Å². The quantitative estimate of drug-likeness (QED) is 0.343. The zero-order chi connectivity index (χ0) is 23.8. The van der Waals surface area contributed by atoms with Crippen molar-refractivity contribution in [2.45, 2.75) is 27.2 Å². The van der Waals surface area contributed by atoms with Gasteiger partial charge in [-0.15, -0.1) is 0 Å². The highest BCUT2D eigenvalue weighted by Gasteiger charge is 2.24. The summed E-state index contributed by atoms with van der Waals surface area (Å²) in [5.74, 6) is 0.112. The van der Waals surface area contributed by atoms with E-state index < -0.39 is 0 Å². The average molecular weight is 445 g/mol. The number of phenolic OH excluding ortho intramolecular Hbond substituents is 1. The van der Waals surface area contributed by atoms with Crippen molar-refractivity contribution in [2.24, 2.45) is 0 Å². The van der Waals surface area contributed by atoms with Gasteiger partial charge in [-0.2, -0.15) is 10.4 Å². The highest BCUT2D eigenvalue weighted by atomic mass is 16.3. The fraction of sp³-hybridized carbons (Fsp3) is 0.138. The van der Waals surface area contributed by atoms with Gasteiger partial charge < -0.3 is 5.11 Å². The summed E-state index contributed by atoms with van der Waals surface area (Å²) in [6.07, 6.45) is 0.931. The van der Waals surface area contributed by atoms with Crippen molar-refractivity contribution in [2.75, 3.05) is 0 Å². The van der Waals surface area contributed by atoms with Crippen LogP contribution < -0.4 is 0 Å². The van der Waals surface area contributed by atoms with Gasteiger partial charge in [0.2, 0.25) is 0 Å². The number of rotatable bonds is 4. The lowest BCUT2D eigenvalue weighted by atomic mass is 9.92. The van der Waals surface area contributed by atoms with Gasteiger partial charge in [0.1, 0.15) is 11.8 Å². The van der Waals surface area contributed by atoms with E-state index in [-0.39, 0.29) is 5.75 Å².